The van der Waals surface area contributed by atoms with Gasteiger partial charge in [0.15, 0.2) is 0 Å². The molecule has 0 atom stereocenters. The summed E-state index contributed by atoms with van der Waals surface area (Å²) in [6.07, 6.45) is 0. The molecular weight excluding hydrogens is 715 g/mol. The van der Waals surface area contributed by atoms with Crippen LogP contribution in [0.25, 0.3) is 88.1 Å². The second-order valence-electron chi connectivity index (χ2n) is 14.9. The molecule has 0 aliphatic carbocycles. The largest absolute Gasteiger partial charge is 0.310 e. The summed E-state index contributed by atoms with van der Waals surface area (Å²) in [5.74, 6) is 0. The lowest BCUT2D eigenvalue weighted by Gasteiger charge is -2.29. The topological polar surface area (TPSA) is 29.0 Å². The first-order valence-corrected chi connectivity index (χ1v) is 20.1. The molecule has 3 nitrogen and oxygen atoms in total. The summed E-state index contributed by atoms with van der Waals surface area (Å²) in [6, 6.07) is 79.8. The minimum Gasteiger partial charge on any atom is -0.310 e. The lowest BCUT2D eigenvalue weighted by Crippen LogP contribution is -2.11. The van der Waals surface area contributed by atoms with Gasteiger partial charge >= 0.3 is 0 Å². The number of hydrogen-bond acceptors (Lipinski definition) is 3. The van der Waals surface area contributed by atoms with E-state index in [1.165, 1.54) is 27.3 Å². The van der Waals surface area contributed by atoms with Gasteiger partial charge in [-0.2, -0.15) is 0 Å². The van der Waals surface area contributed by atoms with Gasteiger partial charge in [0.2, 0.25) is 0 Å². The highest BCUT2D eigenvalue weighted by Gasteiger charge is 2.24. The zero-order valence-corrected chi connectivity index (χ0v) is 32.2. The van der Waals surface area contributed by atoms with Gasteiger partial charge in [0.25, 0.3) is 0 Å². The molecule has 0 unspecified atom stereocenters. The molecular formula is C56H37N3. The van der Waals surface area contributed by atoms with Crippen molar-refractivity contribution in [3.63, 3.8) is 0 Å². The van der Waals surface area contributed by atoms with Crippen LogP contribution in [-0.2, 0) is 0 Å². The molecule has 2 heterocycles. The van der Waals surface area contributed by atoms with Crippen LogP contribution in [0.2, 0.25) is 0 Å². The average Bonchev–Trinajstić information content (AvgIpc) is 3.32. The van der Waals surface area contributed by atoms with E-state index in [0.29, 0.717) is 0 Å². The number of rotatable bonds is 7. The lowest BCUT2D eigenvalue weighted by molar-refractivity contribution is 1.30. The SMILES string of the molecule is c1ccc(-c2ccc(-c3cc(-c4ccccc4-c4nc5ccccc5c5c4c(N(c4ccccc4)c4ccccc4)cc4ccccc45)nc4ccccc34)cc2)cc1. The van der Waals surface area contributed by atoms with Crippen LogP contribution in [0.4, 0.5) is 17.1 Å². The van der Waals surface area contributed by atoms with Crippen molar-refractivity contribution in [1.82, 2.24) is 9.97 Å². The molecule has 0 N–H and O–H groups in total. The molecule has 0 aliphatic heterocycles. The molecule has 59 heavy (non-hydrogen) atoms. The summed E-state index contributed by atoms with van der Waals surface area (Å²) in [5.41, 5.74) is 13.6. The fourth-order valence-electron chi connectivity index (χ4n) is 8.70. The maximum atomic E-state index is 5.62. The Morgan fingerprint density at radius 2 is 0.831 bits per heavy atom. The molecule has 2 aromatic heterocycles. The Balaban J connectivity index is 1.20. The van der Waals surface area contributed by atoms with Crippen LogP contribution in [-0.4, -0.2) is 9.97 Å². The Bertz CT molecular complexity index is 3250. The molecule has 0 saturated heterocycles. The number of benzene rings is 9. The maximum absolute atomic E-state index is 5.62. The minimum atomic E-state index is 0.898. The first kappa shape index (κ1) is 34.4. The standard InChI is InChI=1S/C56H37N3/c1-4-18-38(19-5-1)39-32-34-40(35-33-39)49-37-52(57-50-30-16-14-27-46(49)50)45-26-12-13-28-47(45)56-55-53(59(42-21-6-2-7-22-42)43-23-8-3-9-24-43)36-41-20-10-11-25-44(41)54(55)48-29-15-17-31-51(48)58-56/h1-37H. The van der Waals surface area contributed by atoms with Crippen LogP contribution in [0.1, 0.15) is 0 Å². The van der Waals surface area contributed by atoms with Crippen molar-refractivity contribution >= 4 is 60.4 Å². The molecule has 3 heteroatoms. The maximum Gasteiger partial charge on any atom is 0.0816 e. The first-order chi connectivity index (χ1) is 29.3. The van der Waals surface area contributed by atoms with Crippen molar-refractivity contribution in [2.45, 2.75) is 0 Å². The summed E-state index contributed by atoms with van der Waals surface area (Å²) in [4.78, 5) is 13.4. The average molecular weight is 752 g/mol. The second-order valence-corrected chi connectivity index (χ2v) is 14.9. The van der Waals surface area contributed by atoms with E-state index in [4.69, 9.17) is 9.97 Å². The highest BCUT2D eigenvalue weighted by atomic mass is 15.1. The predicted octanol–water partition coefficient (Wildman–Crippen LogP) is 15.2. The zero-order valence-electron chi connectivity index (χ0n) is 32.2. The van der Waals surface area contributed by atoms with E-state index < -0.39 is 0 Å². The summed E-state index contributed by atoms with van der Waals surface area (Å²) >= 11 is 0. The fraction of sp³-hybridized carbons (Fsp3) is 0. The van der Waals surface area contributed by atoms with E-state index in [0.717, 1.165) is 77.9 Å². The van der Waals surface area contributed by atoms with Crippen LogP contribution < -0.4 is 4.90 Å². The van der Waals surface area contributed by atoms with E-state index in [1.807, 2.05) is 0 Å². The van der Waals surface area contributed by atoms with Gasteiger partial charge in [0.1, 0.15) is 0 Å². The van der Waals surface area contributed by atoms with Gasteiger partial charge in [0, 0.05) is 44.0 Å². The third kappa shape index (κ3) is 6.08. The summed E-state index contributed by atoms with van der Waals surface area (Å²) in [6.45, 7) is 0. The Morgan fingerprint density at radius 3 is 1.53 bits per heavy atom. The molecule has 11 rings (SSSR count). The van der Waals surface area contributed by atoms with Crippen molar-refractivity contribution in [1.29, 1.82) is 0 Å². The summed E-state index contributed by atoms with van der Waals surface area (Å²) in [7, 11) is 0. The highest BCUT2D eigenvalue weighted by molar-refractivity contribution is 6.27. The monoisotopic (exact) mass is 751 g/mol. The van der Waals surface area contributed by atoms with E-state index >= 15 is 0 Å². The van der Waals surface area contributed by atoms with Crippen LogP contribution >= 0.6 is 0 Å². The molecule has 11 aromatic rings. The molecule has 0 amide bonds. The van der Waals surface area contributed by atoms with Crippen LogP contribution in [0.3, 0.4) is 0 Å². The van der Waals surface area contributed by atoms with Gasteiger partial charge in [-0.05, 0) is 81.6 Å². The Labute approximate surface area is 343 Å². The quantitative estimate of drug-likeness (QED) is 0.152. The van der Waals surface area contributed by atoms with Crippen molar-refractivity contribution in [3.8, 4) is 44.8 Å². The first-order valence-electron chi connectivity index (χ1n) is 20.1. The van der Waals surface area contributed by atoms with Gasteiger partial charge < -0.3 is 4.90 Å². The van der Waals surface area contributed by atoms with Crippen LogP contribution in [0.15, 0.2) is 224 Å². The van der Waals surface area contributed by atoms with Crippen molar-refractivity contribution in [3.05, 3.63) is 224 Å². The molecule has 9 aromatic carbocycles. The number of pyridine rings is 2. The van der Waals surface area contributed by atoms with E-state index in [2.05, 4.69) is 229 Å². The molecule has 0 radical (unpaired) electrons. The summed E-state index contributed by atoms with van der Waals surface area (Å²) < 4.78 is 0. The third-order valence-electron chi connectivity index (χ3n) is 11.4. The predicted molar refractivity (Wildman–Crippen MR) is 248 cm³/mol. The number of hydrogen-bond donors (Lipinski definition) is 0. The minimum absolute atomic E-state index is 0.898. The van der Waals surface area contributed by atoms with E-state index in [1.54, 1.807) is 0 Å². The van der Waals surface area contributed by atoms with Gasteiger partial charge in [-0.3, -0.25) is 0 Å². The van der Waals surface area contributed by atoms with Gasteiger partial charge in [0.05, 0.1) is 28.1 Å². The van der Waals surface area contributed by atoms with Gasteiger partial charge in [-0.15, -0.1) is 0 Å². The molecule has 0 aliphatic rings. The number of nitrogens with zero attached hydrogens (tertiary/aromatic N) is 3. The number of aromatic nitrogens is 2. The van der Waals surface area contributed by atoms with Crippen LogP contribution in [0.5, 0.6) is 0 Å². The van der Waals surface area contributed by atoms with Gasteiger partial charge in [-0.1, -0.05) is 176 Å². The Kier molecular flexibility index (Phi) is 8.49. The number of anilines is 3. The fourth-order valence-corrected chi connectivity index (χ4v) is 8.70. The number of para-hydroxylation sites is 4. The summed E-state index contributed by atoms with van der Waals surface area (Å²) in [5, 5.41) is 6.85. The Hall–Kier alpha value is -7.88. The normalized spacial score (nSPS) is 11.4. The molecule has 0 spiro atoms. The second kappa shape index (κ2) is 14.6. The molecule has 0 fully saturated rings. The van der Waals surface area contributed by atoms with Crippen molar-refractivity contribution in [2.75, 3.05) is 4.90 Å². The van der Waals surface area contributed by atoms with Crippen molar-refractivity contribution in [2.24, 2.45) is 0 Å². The smallest absolute Gasteiger partial charge is 0.0816 e. The van der Waals surface area contributed by atoms with E-state index in [9.17, 15) is 0 Å². The lowest BCUT2D eigenvalue weighted by atomic mass is 9.90. The third-order valence-corrected chi connectivity index (χ3v) is 11.4. The highest BCUT2D eigenvalue weighted by Crippen LogP contribution is 2.48. The van der Waals surface area contributed by atoms with Crippen molar-refractivity contribution < 1.29 is 0 Å². The molecule has 0 saturated carbocycles. The van der Waals surface area contributed by atoms with E-state index in [-0.39, 0.29) is 0 Å². The van der Waals surface area contributed by atoms with Gasteiger partial charge in [-0.25, -0.2) is 9.97 Å². The Morgan fingerprint density at radius 1 is 0.322 bits per heavy atom. The van der Waals surface area contributed by atoms with Crippen LogP contribution in [0, 0.1) is 0 Å². The molecule has 276 valence electrons. The number of fused-ring (bicyclic) bond motifs is 6. The zero-order chi connectivity index (χ0) is 39.1. The molecule has 0 bridgehead atoms.